The number of alkyl halides is 1. The Labute approximate surface area is 184 Å². The standard InChI is InChI=1S/C21H23F2N5O3S/c1-20(11-32(29,30)21(2,23)19(24)28-20)15-9-13(4-5-16(15)22)27-18-17-12(6-7-25-18)8-14(31-3)10-26-17/h4-10,29-30H,11H2,1-3H3,(H2,24,28)(H,25,27)/t20-,21+/m0/s1. The third kappa shape index (κ3) is 3.61. The van der Waals surface area contributed by atoms with Crippen LogP contribution < -0.4 is 15.8 Å². The number of pyridine rings is 2. The van der Waals surface area contributed by atoms with Crippen LogP contribution in [0.25, 0.3) is 10.9 Å². The number of rotatable bonds is 4. The quantitative estimate of drug-likeness (QED) is 0.447. The first-order valence-electron chi connectivity index (χ1n) is 9.63. The zero-order valence-electron chi connectivity index (χ0n) is 17.6. The van der Waals surface area contributed by atoms with Crippen molar-refractivity contribution in [1.29, 1.82) is 0 Å². The fourth-order valence-corrected chi connectivity index (χ4v) is 5.28. The second-order valence-electron chi connectivity index (χ2n) is 7.92. The van der Waals surface area contributed by atoms with E-state index in [4.69, 9.17) is 10.5 Å². The first-order valence-corrected chi connectivity index (χ1v) is 11.3. The maximum absolute atomic E-state index is 14.8. The van der Waals surface area contributed by atoms with Gasteiger partial charge in [0.15, 0.2) is 11.7 Å². The molecule has 0 fully saturated rings. The van der Waals surface area contributed by atoms with Gasteiger partial charge in [-0.2, -0.15) is 10.6 Å². The van der Waals surface area contributed by atoms with Gasteiger partial charge in [-0.3, -0.25) is 14.1 Å². The molecule has 2 aromatic heterocycles. The van der Waals surface area contributed by atoms with Crippen LogP contribution in [0.1, 0.15) is 19.4 Å². The first kappa shape index (κ1) is 22.2. The molecular formula is C21H23F2N5O3S. The number of anilines is 2. The molecule has 3 heterocycles. The summed E-state index contributed by atoms with van der Waals surface area (Å²) in [5, 5.41) is 1.31. The van der Waals surface area contributed by atoms with Crippen molar-refractivity contribution in [2.24, 2.45) is 10.7 Å². The monoisotopic (exact) mass is 463 g/mol. The average Bonchev–Trinajstić information content (AvgIpc) is 2.73. The zero-order chi connectivity index (χ0) is 23.3. The summed E-state index contributed by atoms with van der Waals surface area (Å²) in [4.78, 5) is 12.8. The highest BCUT2D eigenvalue weighted by atomic mass is 32.3. The van der Waals surface area contributed by atoms with Gasteiger partial charge < -0.3 is 15.8 Å². The number of aromatic nitrogens is 2. The van der Waals surface area contributed by atoms with Gasteiger partial charge in [0, 0.05) is 22.8 Å². The summed E-state index contributed by atoms with van der Waals surface area (Å²) in [6.45, 7) is 2.44. The molecule has 0 unspecified atom stereocenters. The smallest absolute Gasteiger partial charge is 0.250 e. The third-order valence-electron chi connectivity index (χ3n) is 5.54. The van der Waals surface area contributed by atoms with Crippen molar-refractivity contribution in [3.8, 4) is 5.75 Å². The molecule has 0 spiro atoms. The fraction of sp³-hybridized carbons (Fsp3) is 0.286. The predicted molar refractivity (Wildman–Crippen MR) is 122 cm³/mol. The number of halogens is 2. The molecule has 1 aromatic carbocycles. The van der Waals surface area contributed by atoms with Gasteiger partial charge in [-0.05, 0) is 44.2 Å². The second-order valence-corrected chi connectivity index (χ2v) is 10.3. The van der Waals surface area contributed by atoms with E-state index in [1.54, 1.807) is 25.6 Å². The number of hydrogen-bond acceptors (Lipinski definition) is 8. The van der Waals surface area contributed by atoms with E-state index in [1.165, 1.54) is 25.1 Å². The molecular weight excluding hydrogens is 440 g/mol. The van der Waals surface area contributed by atoms with E-state index in [2.05, 4.69) is 20.3 Å². The number of benzene rings is 1. The van der Waals surface area contributed by atoms with E-state index in [0.29, 0.717) is 22.8 Å². The van der Waals surface area contributed by atoms with E-state index in [-0.39, 0.29) is 5.56 Å². The van der Waals surface area contributed by atoms with E-state index in [9.17, 15) is 17.9 Å². The Hall–Kier alpha value is -3.02. The number of amidine groups is 1. The highest BCUT2D eigenvalue weighted by Gasteiger charge is 2.52. The van der Waals surface area contributed by atoms with Crippen molar-refractivity contribution < 1.29 is 22.6 Å². The summed E-state index contributed by atoms with van der Waals surface area (Å²) in [5.41, 5.74) is 5.30. The highest BCUT2D eigenvalue weighted by molar-refractivity contribution is 8.26. The van der Waals surface area contributed by atoms with Crippen molar-refractivity contribution >= 4 is 38.8 Å². The molecule has 1 aliphatic heterocycles. The molecule has 32 heavy (non-hydrogen) atoms. The Morgan fingerprint density at radius 3 is 2.62 bits per heavy atom. The maximum atomic E-state index is 14.8. The summed E-state index contributed by atoms with van der Waals surface area (Å²) in [6, 6.07) is 7.77. The Balaban J connectivity index is 1.75. The molecule has 11 heteroatoms. The van der Waals surface area contributed by atoms with Crippen molar-refractivity contribution in [3.63, 3.8) is 0 Å². The van der Waals surface area contributed by atoms with Gasteiger partial charge >= 0.3 is 0 Å². The molecule has 170 valence electrons. The van der Waals surface area contributed by atoms with Crippen LogP contribution in [0.3, 0.4) is 0 Å². The summed E-state index contributed by atoms with van der Waals surface area (Å²) in [7, 11) is -2.29. The lowest BCUT2D eigenvalue weighted by molar-refractivity contribution is 0.313. The maximum Gasteiger partial charge on any atom is 0.250 e. The van der Waals surface area contributed by atoms with Crippen LogP contribution in [0.4, 0.5) is 20.3 Å². The van der Waals surface area contributed by atoms with Crippen LogP contribution >= 0.6 is 10.6 Å². The number of nitrogens with two attached hydrogens (primary N) is 1. The minimum atomic E-state index is -3.83. The second kappa shape index (κ2) is 7.54. The molecule has 1 aliphatic rings. The molecule has 3 aromatic rings. The number of nitrogens with zero attached hydrogens (tertiary/aromatic N) is 3. The van der Waals surface area contributed by atoms with E-state index >= 15 is 0 Å². The Morgan fingerprint density at radius 2 is 1.94 bits per heavy atom. The van der Waals surface area contributed by atoms with Gasteiger partial charge in [-0.1, -0.05) is 0 Å². The van der Waals surface area contributed by atoms with Gasteiger partial charge in [-0.25, -0.2) is 18.7 Å². The van der Waals surface area contributed by atoms with E-state index < -0.39 is 38.5 Å². The topological polar surface area (TPSA) is 126 Å². The molecule has 0 aliphatic carbocycles. The summed E-state index contributed by atoms with van der Waals surface area (Å²) in [5.74, 6) is -0.709. The zero-order valence-corrected chi connectivity index (χ0v) is 18.5. The molecule has 4 rings (SSSR count). The van der Waals surface area contributed by atoms with Crippen molar-refractivity contribution in [2.75, 3.05) is 18.2 Å². The minimum absolute atomic E-state index is 0.0378. The Bertz CT molecular complexity index is 1240. The molecule has 0 bridgehead atoms. The number of hydrogen-bond donors (Lipinski definition) is 4. The minimum Gasteiger partial charge on any atom is -0.495 e. The average molecular weight is 464 g/mol. The van der Waals surface area contributed by atoms with Crippen molar-refractivity contribution in [3.05, 3.63) is 54.1 Å². The van der Waals surface area contributed by atoms with Gasteiger partial charge in [0.05, 0.1) is 19.1 Å². The van der Waals surface area contributed by atoms with Crippen LogP contribution in [-0.4, -0.2) is 42.8 Å². The third-order valence-corrected chi connectivity index (χ3v) is 7.94. The van der Waals surface area contributed by atoms with Crippen LogP contribution in [0.2, 0.25) is 0 Å². The highest BCUT2D eigenvalue weighted by Crippen LogP contribution is 2.60. The first-order chi connectivity index (χ1) is 15.0. The normalized spacial score (nSPS) is 25.8. The molecule has 0 radical (unpaired) electrons. The number of nitrogens with one attached hydrogen (secondary N) is 1. The summed E-state index contributed by atoms with van der Waals surface area (Å²) in [6.07, 6.45) is 3.16. The van der Waals surface area contributed by atoms with Crippen molar-refractivity contribution in [2.45, 2.75) is 24.4 Å². The molecule has 0 saturated carbocycles. The lowest BCUT2D eigenvalue weighted by Crippen LogP contribution is -2.51. The van der Waals surface area contributed by atoms with Gasteiger partial charge in [0.1, 0.15) is 22.6 Å². The van der Waals surface area contributed by atoms with Gasteiger partial charge in [0.2, 0.25) is 0 Å². The largest absolute Gasteiger partial charge is 0.495 e. The van der Waals surface area contributed by atoms with Gasteiger partial charge in [0.25, 0.3) is 5.00 Å². The Kier molecular flexibility index (Phi) is 5.23. The van der Waals surface area contributed by atoms with Crippen LogP contribution in [0.5, 0.6) is 5.75 Å². The molecule has 5 N–H and O–H groups in total. The number of methoxy groups -OCH3 is 1. The molecule has 8 nitrogen and oxygen atoms in total. The summed E-state index contributed by atoms with van der Waals surface area (Å²) >= 11 is 0. The number of fused-ring (bicyclic) bond motifs is 1. The van der Waals surface area contributed by atoms with Crippen LogP contribution in [0, 0.1) is 5.82 Å². The molecule has 0 saturated heterocycles. The summed E-state index contributed by atoms with van der Waals surface area (Å²) < 4.78 is 55.5. The van der Waals surface area contributed by atoms with E-state index in [0.717, 1.165) is 12.3 Å². The van der Waals surface area contributed by atoms with Crippen LogP contribution in [0.15, 0.2) is 47.7 Å². The molecule has 2 atom stereocenters. The SMILES string of the molecule is COc1cnc2c(Nc3ccc(F)c([C@]4(C)CS(O)(O)[C@@](C)(F)C(N)=N4)c3)nccc2c1. The van der Waals surface area contributed by atoms with Crippen molar-refractivity contribution in [1.82, 2.24) is 9.97 Å². The number of aliphatic imine (C=N–C) groups is 1. The van der Waals surface area contributed by atoms with Crippen LogP contribution in [-0.2, 0) is 5.54 Å². The fourth-order valence-electron chi connectivity index (χ4n) is 3.63. The lowest BCUT2D eigenvalue weighted by Gasteiger charge is -2.50. The molecule has 0 amide bonds. The Morgan fingerprint density at radius 1 is 1.19 bits per heavy atom. The number of ether oxygens (including phenoxy) is 1. The lowest BCUT2D eigenvalue weighted by atomic mass is 9.93. The van der Waals surface area contributed by atoms with E-state index in [1.807, 2.05) is 6.07 Å². The van der Waals surface area contributed by atoms with Gasteiger partial charge in [-0.15, -0.1) is 0 Å². The predicted octanol–water partition coefficient (Wildman–Crippen LogP) is 4.54.